The molecule has 2 saturated heterocycles. The maximum absolute atomic E-state index is 11.5. The zero-order chi connectivity index (χ0) is 24.2. The summed E-state index contributed by atoms with van der Waals surface area (Å²) < 4.78 is 31.1. The summed E-state index contributed by atoms with van der Waals surface area (Å²) in [5.41, 5.74) is 0. The summed E-state index contributed by atoms with van der Waals surface area (Å²) in [7, 11) is 0. The normalized spacial score (nSPS) is 39.8. The molecule has 32 heavy (non-hydrogen) atoms. The Labute approximate surface area is 182 Å². The summed E-state index contributed by atoms with van der Waals surface area (Å²) in [5, 5.41) is 50.6. The van der Waals surface area contributed by atoms with Crippen molar-refractivity contribution in [3.63, 3.8) is 0 Å². The Morgan fingerprint density at radius 2 is 1.12 bits per heavy atom. The van der Waals surface area contributed by atoms with Crippen molar-refractivity contribution < 1.29 is 68.3 Å². The van der Waals surface area contributed by atoms with E-state index in [-0.39, 0.29) is 0 Å². The van der Waals surface area contributed by atoms with Crippen LogP contribution in [0.25, 0.3) is 0 Å². The van der Waals surface area contributed by atoms with Crippen LogP contribution in [0.2, 0.25) is 0 Å². The molecule has 0 bridgehead atoms. The molecule has 0 aromatic heterocycles. The molecule has 14 nitrogen and oxygen atoms in total. The lowest BCUT2D eigenvalue weighted by atomic mass is 9.96. The molecule has 0 spiro atoms. The van der Waals surface area contributed by atoms with E-state index in [0.29, 0.717) is 0 Å². The van der Waals surface area contributed by atoms with Gasteiger partial charge in [0.05, 0.1) is 13.2 Å². The van der Waals surface area contributed by atoms with Crippen LogP contribution in [-0.2, 0) is 42.8 Å². The van der Waals surface area contributed by atoms with Gasteiger partial charge in [0.1, 0.15) is 36.6 Å². The molecule has 2 aliphatic rings. The van der Waals surface area contributed by atoms with E-state index < -0.39 is 92.5 Å². The van der Waals surface area contributed by atoms with Crippen molar-refractivity contribution in [3.8, 4) is 0 Å². The maximum Gasteiger partial charge on any atom is 0.305 e. The van der Waals surface area contributed by atoms with Gasteiger partial charge in [-0.05, 0) is 0 Å². The number of esters is 3. The lowest BCUT2D eigenvalue weighted by Crippen LogP contribution is -2.65. The first kappa shape index (κ1) is 26.3. The number of aliphatic hydroxyl groups excluding tert-OH is 5. The summed E-state index contributed by atoms with van der Waals surface area (Å²) in [6.07, 6.45) is -15.6. The van der Waals surface area contributed by atoms with E-state index >= 15 is 0 Å². The lowest BCUT2D eigenvalue weighted by molar-refractivity contribution is -0.356. The molecule has 0 unspecified atom stereocenters. The van der Waals surface area contributed by atoms with Crippen molar-refractivity contribution in [1.29, 1.82) is 0 Å². The van der Waals surface area contributed by atoms with Gasteiger partial charge in [0.2, 0.25) is 6.29 Å². The molecular formula is C18H28O14. The zero-order valence-corrected chi connectivity index (χ0v) is 17.6. The van der Waals surface area contributed by atoms with E-state index in [2.05, 4.69) is 0 Å². The number of carbonyl (C=O) groups is 3. The quantitative estimate of drug-likeness (QED) is 0.180. The number of hydrogen-bond acceptors (Lipinski definition) is 14. The SMILES string of the molecule is CC(=O)O[C@@H]1O[C@H](CO)[C@@H](O[C@@H]2O[C@H](CO)[C@@H](OC(C)=O)[C@H](OC(C)=O)[C@H]2O)[C@H](O)[C@H]1O. The molecule has 0 amide bonds. The van der Waals surface area contributed by atoms with Crippen LogP contribution >= 0.6 is 0 Å². The van der Waals surface area contributed by atoms with Gasteiger partial charge in [-0.25, -0.2) is 0 Å². The smallest absolute Gasteiger partial charge is 0.305 e. The average molecular weight is 468 g/mol. The van der Waals surface area contributed by atoms with E-state index in [9.17, 15) is 39.9 Å². The third-order valence-electron chi connectivity index (χ3n) is 4.79. The zero-order valence-electron chi connectivity index (χ0n) is 17.6. The highest BCUT2D eigenvalue weighted by molar-refractivity contribution is 5.67. The van der Waals surface area contributed by atoms with Crippen LogP contribution in [0.15, 0.2) is 0 Å². The highest BCUT2D eigenvalue weighted by Crippen LogP contribution is 2.31. The molecule has 0 saturated carbocycles. The molecule has 2 aliphatic heterocycles. The number of carbonyl (C=O) groups excluding carboxylic acids is 3. The summed E-state index contributed by atoms with van der Waals surface area (Å²) >= 11 is 0. The van der Waals surface area contributed by atoms with Gasteiger partial charge < -0.3 is 54.0 Å². The first-order chi connectivity index (χ1) is 15.0. The summed E-state index contributed by atoms with van der Waals surface area (Å²) in [6, 6.07) is 0. The Morgan fingerprint density at radius 3 is 1.62 bits per heavy atom. The topological polar surface area (TPSA) is 208 Å². The summed E-state index contributed by atoms with van der Waals surface area (Å²) in [5.74, 6) is -2.44. The highest BCUT2D eigenvalue weighted by Gasteiger charge is 2.53. The molecule has 0 radical (unpaired) electrons. The van der Waals surface area contributed by atoms with Crippen LogP contribution in [0.3, 0.4) is 0 Å². The van der Waals surface area contributed by atoms with Gasteiger partial charge in [-0.15, -0.1) is 0 Å². The van der Waals surface area contributed by atoms with E-state index in [4.69, 9.17) is 28.4 Å². The Hall–Kier alpha value is -1.91. The van der Waals surface area contributed by atoms with Gasteiger partial charge in [-0.3, -0.25) is 14.4 Å². The molecule has 5 N–H and O–H groups in total. The fraction of sp³-hybridized carbons (Fsp3) is 0.833. The first-order valence-corrected chi connectivity index (χ1v) is 9.74. The van der Waals surface area contributed by atoms with Gasteiger partial charge in [-0.1, -0.05) is 0 Å². The standard InChI is InChI=1S/C18H28O14/c1-6(21)27-15-10(5-20)31-18(13(26)16(15)28-7(2)22)32-14-9(4-19)30-17(29-8(3)23)12(25)11(14)24/h9-20,24-26H,4-5H2,1-3H3/t9-,10-,11-,12-,13-,14-,15-,16-,17-,18+/m1/s1. The van der Waals surface area contributed by atoms with Crippen molar-refractivity contribution in [2.45, 2.75) is 82.2 Å². The minimum atomic E-state index is -1.78. The second-order valence-electron chi connectivity index (χ2n) is 7.28. The van der Waals surface area contributed by atoms with Gasteiger partial charge in [0.15, 0.2) is 18.5 Å². The Bertz CT molecular complexity index is 668. The Kier molecular flexibility index (Phi) is 9.29. The monoisotopic (exact) mass is 468 g/mol. The molecule has 10 atom stereocenters. The summed E-state index contributed by atoms with van der Waals surface area (Å²) in [6.45, 7) is 1.68. The Balaban J connectivity index is 2.25. The molecule has 2 heterocycles. The number of ether oxygens (including phenoxy) is 6. The van der Waals surface area contributed by atoms with Gasteiger partial charge >= 0.3 is 17.9 Å². The number of rotatable bonds is 7. The molecular weight excluding hydrogens is 440 g/mol. The minimum Gasteiger partial charge on any atom is -0.456 e. The molecule has 0 aromatic carbocycles. The van der Waals surface area contributed by atoms with Crippen LogP contribution in [-0.4, -0.2) is 118 Å². The van der Waals surface area contributed by atoms with Crippen molar-refractivity contribution in [1.82, 2.24) is 0 Å². The summed E-state index contributed by atoms with van der Waals surface area (Å²) in [4.78, 5) is 34.1. The van der Waals surface area contributed by atoms with E-state index in [1.165, 1.54) is 0 Å². The predicted molar refractivity (Wildman–Crippen MR) is 97.3 cm³/mol. The third-order valence-corrected chi connectivity index (χ3v) is 4.79. The fourth-order valence-electron chi connectivity index (χ4n) is 3.45. The minimum absolute atomic E-state index is 0.730. The van der Waals surface area contributed by atoms with Gasteiger partial charge in [0, 0.05) is 20.8 Å². The van der Waals surface area contributed by atoms with Crippen molar-refractivity contribution in [3.05, 3.63) is 0 Å². The third kappa shape index (κ3) is 6.11. The largest absolute Gasteiger partial charge is 0.456 e. The predicted octanol–water partition coefficient (Wildman–Crippen LogP) is -3.68. The molecule has 14 heteroatoms. The van der Waals surface area contributed by atoms with Gasteiger partial charge in [0.25, 0.3) is 0 Å². The number of aliphatic hydroxyl groups is 5. The van der Waals surface area contributed by atoms with E-state index in [1.54, 1.807) is 0 Å². The molecule has 2 rings (SSSR count). The van der Waals surface area contributed by atoms with Crippen LogP contribution in [0.5, 0.6) is 0 Å². The van der Waals surface area contributed by atoms with Crippen LogP contribution in [0.4, 0.5) is 0 Å². The molecule has 0 aliphatic carbocycles. The van der Waals surface area contributed by atoms with Crippen LogP contribution in [0.1, 0.15) is 20.8 Å². The van der Waals surface area contributed by atoms with Crippen LogP contribution < -0.4 is 0 Å². The van der Waals surface area contributed by atoms with Gasteiger partial charge in [-0.2, -0.15) is 0 Å². The van der Waals surface area contributed by atoms with Crippen molar-refractivity contribution in [2.24, 2.45) is 0 Å². The molecule has 184 valence electrons. The van der Waals surface area contributed by atoms with Crippen molar-refractivity contribution in [2.75, 3.05) is 13.2 Å². The number of hydrogen-bond donors (Lipinski definition) is 5. The Morgan fingerprint density at radius 1 is 0.656 bits per heavy atom. The lowest BCUT2D eigenvalue weighted by Gasteiger charge is -2.46. The van der Waals surface area contributed by atoms with E-state index in [0.717, 1.165) is 20.8 Å². The first-order valence-electron chi connectivity index (χ1n) is 9.74. The molecule has 2 fully saturated rings. The van der Waals surface area contributed by atoms with E-state index in [1.807, 2.05) is 0 Å². The average Bonchev–Trinajstić information content (AvgIpc) is 2.70. The second-order valence-corrected chi connectivity index (χ2v) is 7.28. The molecule has 0 aromatic rings. The highest BCUT2D eigenvalue weighted by atomic mass is 16.8. The fourth-order valence-corrected chi connectivity index (χ4v) is 3.45. The second kappa shape index (κ2) is 11.3. The van der Waals surface area contributed by atoms with Crippen LogP contribution in [0, 0.1) is 0 Å². The maximum atomic E-state index is 11.5. The van der Waals surface area contributed by atoms with Crippen molar-refractivity contribution >= 4 is 17.9 Å².